The molecule has 0 radical (unpaired) electrons. The summed E-state index contributed by atoms with van der Waals surface area (Å²) in [7, 11) is 0. The van der Waals surface area contributed by atoms with Crippen LogP contribution in [0.15, 0.2) is 12.1 Å². The highest BCUT2D eigenvalue weighted by Gasteiger charge is 2.31. The van der Waals surface area contributed by atoms with Crippen molar-refractivity contribution in [2.24, 2.45) is 0 Å². The number of aliphatic hydroxyl groups is 1. The molecule has 0 saturated carbocycles. The third kappa shape index (κ3) is 4.14. The lowest BCUT2D eigenvalue weighted by Gasteiger charge is -2.38. The summed E-state index contributed by atoms with van der Waals surface area (Å²) in [6, 6.07) is 2.76. The zero-order chi connectivity index (χ0) is 15.5. The SMILES string of the molecule is CCCNCc1cc(F)c(N2CCCC(C)(O)C2)c(F)c1. The minimum absolute atomic E-state index is 0.0192. The van der Waals surface area contributed by atoms with E-state index in [1.807, 2.05) is 6.92 Å². The smallest absolute Gasteiger partial charge is 0.149 e. The zero-order valence-electron chi connectivity index (χ0n) is 12.8. The van der Waals surface area contributed by atoms with E-state index in [0.29, 0.717) is 25.1 Å². The summed E-state index contributed by atoms with van der Waals surface area (Å²) in [5, 5.41) is 13.2. The highest BCUT2D eigenvalue weighted by Crippen LogP contribution is 2.30. The average Bonchev–Trinajstić information content (AvgIpc) is 2.37. The molecule has 1 unspecified atom stereocenters. The van der Waals surface area contributed by atoms with Crippen molar-refractivity contribution in [3.05, 3.63) is 29.3 Å². The Morgan fingerprint density at radius 1 is 1.33 bits per heavy atom. The summed E-state index contributed by atoms with van der Waals surface area (Å²) < 4.78 is 28.5. The number of benzene rings is 1. The summed E-state index contributed by atoms with van der Waals surface area (Å²) in [5.41, 5.74) is -0.307. The Morgan fingerprint density at radius 3 is 2.57 bits per heavy atom. The standard InChI is InChI=1S/C16H24F2N2O/c1-3-6-19-10-12-8-13(17)15(14(18)9-12)20-7-4-5-16(2,21)11-20/h8-9,19,21H,3-7,10-11H2,1-2H3. The monoisotopic (exact) mass is 298 g/mol. The van der Waals surface area contributed by atoms with E-state index in [4.69, 9.17) is 0 Å². The second-order valence-corrected chi connectivity index (χ2v) is 6.11. The van der Waals surface area contributed by atoms with Gasteiger partial charge in [-0.25, -0.2) is 8.78 Å². The number of rotatable bonds is 5. The van der Waals surface area contributed by atoms with Crippen LogP contribution in [-0.2, 0) is 6.54 Å². The molecule has 1 aliphatic heterocycles. The maximum Gasteiger partial charge on any atom is 0.149 e. The van der Waals surface area contributed by atoms with Gasteiger partial charge >= 0.3 is 0 Å². The average molecular weight is 298 g/mol. The molecule has 5 heteroatoms. The molecule has 1 aromatic rings. The first-order valence-electron chi connectivity index (χ1n) is 7.59. The topological polar surface area (TPSA) is 35.5 Å². The van der Waals surface area contributed by atoms with Gasteiger partial charge in [-0.15, -0.1) is 0 Å². The van der Waals surface area contributed by atoms with Crippen LogP contribution in [0.5, 0.6) is 0 Å². The molecule has 0 spiro atoms. The van der Waals surface area contributed by atoms with Crippen molar-refractivity contribution in [1.82, 2.24) is 5.32 Å². The minimum atomic E-state index is -0.890. The lowest BCUT2D eigenvalue weighted by molar-refractivity contribution is 0.0446. The second-order valence-electron chi connectivity index (χ2n) is 6.11. The molecular formula is C16H24F2N2O. The molecule has 0 bridgehead atoms. The quantitative estimate of drug-likeness (QED) is 0.821. The van der Waals surface area contributed by atoms with E-state index < -0.39 is 17.2 Å². The first-order chi connectivity index (χ1) is 9.93. The van der Waals surface area contributed by atoms with Crippen LogP contribution >= 0.6 is 0 Å². The number of piperidine rings is 1. The van der Waals surface area contributed by atoms with Crippen LogP contribution < -0.4 is 10.2 Å². The molecule has 1 heterocycles. The number of hydrogen-bond donors (Lipinski definition) is 2. The van der Waals surface area contributed by atoms with Gasteiger partial charge in [0.05, 0.1) is 5.60 Å². The number of nitrogens with one attached hydrogen (secondary N) is 1. The van der Waals surface area contributed by atoms with Crippen LogP contribution in [0.4, 0.5) is 14.5 Å². The van der Waals surface area contributed by atoms with Crippen molar-refractivity contribution < 1.29 is 13.9 Å². The van der Waals surface area contributed by atoms with Crippen LogP contribution in [-0.4, -0.2) is 30.3 Å². The number of β-amino-alcohol motifs (C(OH)–C–C–N with tert-alkyl or cyclic N) is 1. The Balaban J connectivity index is 2.16. The van der Waals surface area contributed by atoms with Crippen molar-refractivity contribution in [2.45, 2.75) is 45.3 Å². The van der Waals surface area contributed by atoms with Gasteiger partial charge in [0.2, 0.25) is 0 Å². The molecular weight excluding hydrogens is 274 g/mol. The Kier molecular flexibility index (Phi) is 5.17. The maximum absolute atomic E-state index is 14.3. The summed E-state index contributed by atoms with van der Waals surface area (Å²) >= 11 is 0. The van der Waals surface area contributed by atoms with Gasteiger partial charge in [0, 0.05) is 19.6 Å². The summed E-state index contributed by atoms with van der Waals surface area (Å²) in [6.45, 7) is 5.85. The molecule has 0 aromatic heterocycles. The predicted octanol–water partition coefficient (Wildman–Crippen LogP) is 2.82. The normalized spacial score (nSPS) is 22.6. The van der Waals surface area contributed by atoms with Gasteiger partial charge in [0.25, 0.3) is 0 Å². The van der Waals surface area contributed by atoms with Gasteiger partial charge in [-0.3, -0.25) is 0 Å². The molecule has 1 aliphatic rings. The predicted molar refractivity (Wildman–Crippen MR) is 80.4 cm³/mol. The molecule has 2 rings (SSSR count). The fraction of sp³-hybridized carbons (Fsp3) is 0.625. The number of halogens is 2. The van der Waals surface area contributed by atoms with E-state index >= 15 is 0 Å². The lowest BCUT2D eigenvalue weighted by atomic mass is 9.94. The van der Waals surface area contributed by atoms with Crippen molar-refractivity contribution in [3.8, 4) is 0 Å². The number of nitrogens with zero attached hydrogens (tertiary/aromatic N) is 1. The molecule has 1 atom stereocenters. The number of anilines is 1. The molecule has 0 aliphatic carbocycles. The summed E-state index contributed by atoms with van der Waals surface area (Å²) in [5.74, 6) is -1.11. The first-order valence-corrected chi connectivity index (χ1v) is 7.59. The lowest BCUT2D eigenvalue weighted by Crippen LogP contribution is -2.46. The van der Waals surface area contributed by atoms with Crippen LogP contribution in [0.2, 0.25) is 0 Å². The van der Waals surface area contributed by atoms with Crippen molar-refractivity contribution in [3.63, 3.8) is 0 Å². The van der Waals surface area contributed by atoms with Gasteiger partial charge in [-0.1, -0.05) is 6.92 Å². The van der Waals surface area contributed by atoms with Gasteiger partial charge in [-0.05, 0) is 50.4 Å². The first kappa shape index (κ1) is 16.2. The third-order valence-corrected chi connectivity index (χ3v) is 3.82. The van der Waals surface area contributed by atoms with Crippen LogP contribution in [0.25, 0.3) is 0 Å². The van der Waals surface area contributed by atoms with Crippen molar-refractivity contribution >= 4 is 5.69 Å². The van der Waals surface area contributed by atoms with Crippen LogP contribution in [0.3, 0.4) is 0 Å². The van der Waals surface area contributed by atoms with Gasteiger partial charge in [-0.2, -0.15) is 0 Å². The third-order valence-electron chi connectivity index (χ3n) is 3.82. The number of hydrogen-bond acceptors (Lipinski definition) is 3. The Labute approximate surface area is 125 Å². The highest BCUT2D eigenvalue weighted by molar-refractivity contribution is 5.51. The molecule has 0 amide bonds. The molecule has 3 nitrogen and oxygen atoms in total. The molecule has 1 saturated heterocycles. The molecule has 21 heavy (non-hydrogen) atoms. The zero-order valence-corrected chi connectivity index (χ0v) is 12.8. The molecule has 118 valence electrons. The van der Waals surface area contributed by atoms with E-state index in [0.717, 1.165) is 19.4 Å². The summed E-state index contributed by atoms with van der Waals surface area (Å²) in [6.07, 6.45) is 2.36. The van der Waals surface area contributed by atoms with Crippen molar-refractivity contribution in [1.29, 1.82) is 0 Å². The van der Waals surface area contributed by atoms with Crippen LogP contribution in [0, 0.1) is 11.6 Å². The summed E-state index contributed by atoms with van der Waals surface area (Å²) in [4.78, 5) is 1.61. The van der Waals surface area contributed by atoms with Crippen molar-refractivity contribution in [2.75, 3.05) is 24.5 Å². The fourth-order valence-electron chi connectivity index (χ4n) is 2.84. The fourth-order valence-corrected chi connectivity index (χ4v) is 2.84. The molecule has 1 aromatic carbocycles. The van der Waals surface area contributed by atoms with E-state index in [2.05, 4.69) is 5.32 Å². The van der Waals surface area contributed by atoms with Crippen LogP contribution in [0.1, 0.15) is 38.7 Å². The van der Waals surface area contributed by atoms with E-state index in [9.17, 15) is 13.9 Å². The van der Waals surface area contributed by atoms with Gasteiger partial charge < -0.3 is 15.3 Å². The Morgan fingerprint density at radius 2 is 2.00 bits per heavy atom. The van der Waals surface area contributed by atoms with Gasteiger partial charge in [0.1, 0.15) is 17.3 Å². The molecule has 1 fully saturated rings. The molecule has 2 N–H and O–H groups in total. The highest BCUT2D eigenvalue weighted by atomic mass is 19.1. The largest absolute Gasteiger partial charge is 0.388 e. The van der Waals surface area contributed by atoms with E-state index in [-0.39, 0.29) is 12.2 Å². The maximum atomic E-state index is 14.3. The van der Waals surface area contributed by atoms with Gasteiger partial charge in [0.15, 0.2) is 0 Å². The Hall–Kier alpha value is -1.20. The Bertz CT molecular complexity index is 468. The van der Waals surface area contributed by atoms with E-state index in [1.54, 1.807) is 11.8 Å². The minimum Gasteiger partial charge on any atom is -0.388 e. The second kappa shape index (κ2) is 6.71. The van der Waals surface area contributed by atoms with E-state index in [1.165, 1.54) is 12.1 Å².